The van der Waals surface area contributed by atoms with Gasteiger partial charge >= 0.3 is 0 Å². The largest absolute Gasteiger partial charge is 0.392 e. The average molecular weight is 190 g/mol. The van der Waals surface area contributed by atoms with E-state index in [9.17, 15) is 5.11 Å². The molecule has 0 aliphatic carbocycles. The summed E-state index contributed by atoms with van der Waals surface area (Å²) >= 11 is 0. The van der Waals surface area contributed by atoms with Crippen molar-refractivity contribution >= 4 is 10.9 Å². The van der Waals surface area contributed by atoms with Crippen molar-refractivity contribution in [3.05, 3.63) is 35.5 Å². The summed E-state index contributed by atoms with van der Waals surface area (Å²) in [5.41, 5.74) is 8.82. The van der Waals surface area contributed by atoms with E-state index in [1.807, 2.05) is 36.0 Å². The number of aliphatic hydroxyl groups is 1. The monoisotopic (exact) mass is 190 g/mol. The van der Waals surface area contributed by atoms with Crippen LogP contribution in [-0.4, -0.2) is 9.67 Å². The van der Waals surface area contributed by atoms with E-state index in [2.05, 4.69) is 0 Å². The lowest BCUT2D eigenvalue weighted by molar-refractivity contribution is 0.283. The number of aliphatic hydroxyl groups excluding tert-OH is 1. The summed E-state index contributed by atoms with van der Waals surface area (Å²) < 4.78 is 2.01. The second-order valence-electron chi connectivity index (χ2n) is 3.44. The fraction of sp³-hybridized carbons (Fsp3) is 0.273. The van der Waals surface area contributed by atoms with Crippen LogP contribution in [0.25, 0.3) is 10.9 Å². The Bertz CT molecular complexity index is 460. The SMILES string of the molecule is Cn1cc(CO)c2c(CN)cccc21. The minimum Gasteiger partial charge on any atom is -0.392 e. The van der Waals surface area contributed by atoms with Crippen LogP contribution in [0.2, 0.25) is 0 Å². The molecule has 1 aromatic heterocycles. The van der Waals surface area contributed by atoms with Gasteiger partial charge < -0.3 is 15.4 Å². The number of rotatable bonds is 2. The molecule has 0 aliphatic heterocycles. The first-order valence-electron chi connectivity index (χ1n) is 4.64. The maximum absolute atomic E-state index is 9.21. The Hall–Kier alpha value is -1.32. The molecule has 74 valence electrons. The Balaban J connectivity index is 2.82. The van der Waals surface area contributed by atoms with Crippen LogP contribution in [0.3, 0.4) is 0 Å². The second kappa shape index (κ2) is 3.44. The van der Waals surface area contributed by atoms with E-state index in [-0.39, 0.29) is 6.61 Å². The van der Waals surface area contributed by atoms with Gasteiger partial charge in [0.15, 0.2) is 0 Å². The Morgan fingerprint density at radius 3 is 2.79 bits per heavy atom. The van der Waals surface area contributed by atoms with Gasteiger partial charge in [-0.1, -0.05) is 12.1 Å². The van der Waals surface area contributed by atoms with Gasteiger partial charge in [-0.05, 0) is 11.6 Å². The maximum atomic E-state index is 9.21. The molecule has 0 radical (unpaired) electrons. The molecule has 0 unspecified atom stereocenters. The van der Waals surface area contributed by atoms with Crippen LogP contribution in [0.1, 0.15) is 11.1 Å². The fourth-order valence-corrected chi connectivity index (χ4v) is 1.91. The zero-order valence-corrected chi connectivity index (χ0v) is 8.20. The first-order valence-corrected chi connectivity index (χ1v) is 4.64. The number of hydrogen-bond donors (Lipinski definition) is 2. The zero-order valence-electron chi connectivity index (χ0n) is 8.20. The quantitative estimate of drug-likeness (QED) is 0.745. The van der Waals surface area contributed by atoms with Gasteiger partial charge in [-0.15, -0.1) is 0 Å². The van der Waals surface area contributed by atoms with Crippen molar-refractivity contribution in [3.8, 4) is 0 Å². The first-order chi connectivity index (χ1) is 6.77. The van der Waals surface area contributed by atoms with Gasteiger partial charge in [0.05, 0.1) is 6.61 Å². The Morgan fingerprint density at radius 2 is 2.14 bits per heavy atom. The topological polar surface area (TPSA) is 51.2 Å². The van der Waals surface area contributed by atoms with Crippen LogP contribution < -0.4 is 5.73 Å². The minimum atomic E-state index is 0.0638. The number of benzene rings is 1. The van der Waals surface area contributed by atoms with Gasteiger partial charge in [0, 0.05) is 36.3 Å². The van der Waals surface area contributed by atoms with Gasteiger partial charge in [0.25, 0.3) is 0 Å². The summed E-state index contributed by atoms with van der Waals surface area (Å²) in [4.78, 5) is 0. The molecule has 3 heteroatoms. The van der Waals surface area contributed by atoms with Gasteiger partial charge in [0.2, 0.25) is 0 Å². The van der Waals surface area contributed by atoms with Crippen molar-refractivity contribution in [1.29, 1.82) is 0 Å². The summed E-state index contributed by atoms with van der Waals surface area (Å²) in [5, 5.41) is 10.3. The third kappa shape index (κ3) is 1.22. The molecular formula is C11H14N2O. The molecule has 0 bridgehead atoms. The number of nitrogens with two attached hydrogens (primary N) is 1. The normalized spacial score (nSPS) is 11.1. The third-order valence-corrected chi connectivity index (χ3v) is 2.57. The number of hydrogen-bond acceptors (Lipinski definition) is 2. The fourth-order valence-electron chi connectivity index (χ4n) is 1.91. The molecule has 2 aromatic rings. The van der Waals surface area contributed by atoms with Crippen molar-refractivity contribution in [1.82, 2.24) is 4.57 Å². The number of aryl methyl sites for hydroxylation is 1. The number of aromatic nitrogens is 1. The predicted molar refractivity (Wildman–Crippen MR) is 56.7 cm³/mol. The summed E-state index contributed by atoms with van der Waals surface area (Å²) in [6, 6.07) is 6.03. The smallest absolute Gasteiger partial charge is 0.0702 e. The second-order valence-corrected chi connectivity index (χ2v) is 3.44. The predicted octanol–water partition coefficient (Wildman–Crippen LogP) is 1.13. The summed E-state index contributed by atoms with van der Waals surface area (Å²) in [7, 11) is 1.97. The Kier molecular flexibility index (Phi) is 2.27. The number of fused-ring (bicyclic) bond motifs is 1. The lowest BCUT2D eigenvalue weighted by atomic mass is 10.1. The van der Waals surface area contributed by atoms with E-state index in [1.54, 1.807) is 0 Å². The minimum absolute atomic E-state index is 0.0638. The Morgan fingerprint density at radius 1 is 1.36 bits per heavy atom. The van der Waals surface area contributed by atoms with E-state index in [4.69, 9.17) is 5.73 Å². The molecule has 2 rings (SSSR count). The molecule has 0 aliphatic rings. The molecule has 0 saturated heterocycles. The standard InChI is InChI=1S/C11H14N2O/c1-13-6-9(7-14)11-8(5-12)3-2-4-10(11)13/h2-4,6,14H,5,7,12H2,1H3. The molecular weight excluding hydrogens is 176 g/mol. The molecule has 14 heavy (non-hydrogen) atoms. The number of nitrogens with zero attached hydrogens (tertiary/aromatic N) is 1. The molecule has 0 spiro atoms. The summed E-state index contributed by atoms with van der Waals surface area (Å²) in [6.07, 6.45) is 1.95. The lowest BCUT2D eigenvalue weighted by Crippen LogP contribution is -1.97. The van der Waals surface area contributed by atoms with Crippen LogP contribution in [0, 0.1) is 0 Å². The maximum Gasteiger partial charge on any atom is 0.0702 e. The molecule has 0 fully saturated rings. The van der Waals surface area contributed by atoms with Crippen LogP contribution in [0.4, 0.5) is 0 Å². The van der Waals surface area contributed by atoms with Crippen LogP contribution >= 0.6 is 0 Å². The van der Waals surface area contributed by atoms with Crippen molar-refractivity contribution in [2.75, 3.05) is 0 Å². The van der Waals surface area contributed by atoms with Crippen molar-refractivity contribution in [2.45, 2.75) is 13.2 Å². The van der Waals surface area contributed by atoms with Gasteiger partial charge in [-0.3, -0.25) is 0 Å². The molecule has 0 atom stereocenters. The van der Waals surface area contributed by atoms with Crippen LogP contribution in [0.15, 0.2) is 24.4 Å². The van der Waals surface area contributed by atoms with Crippen LogP contribution in [-0.2, 0) is 20.2 Å². The zero-order chi connectivity index (χ0) is 10.1. The molecule has 0 amide bonds. The highest BCUT2D eigenvalue weighted by Gasteiger charge is 2.08. The van der Waals surface area contributed by atoms with Gasteiger partial charge in [0.1, 0.15) is 0 Å². The highest BCUT2D eigenvalue weighted by molar-refractivity contribution is 5.87. The molecule has 0 saturated carbocycles. The van der Waals surface area contributed by atoms with Crippen molar-refractivity contribution < 1.29 is 5.11 Å². The molecule has 1 heterocycles. The van der Waals surface area contributed by atoms with Crippen molar-refractivity contribution in [3.63, 3.8) is 0 Å². The van der Waals surface area contributed by atoms with E-state index in [1.165, 1.54) is 0 Å². The van der Waals surface area contributed by atoms with E-state index in [0.717, 1.165) is 22.0 Å². The average Bonchev–Trinajstić information content (AvgIpc) is 2.56. The molecule has 1 aromatic carbocycles. The third-order valence-electron chi connectivity index (χ3n) is 2.57. The Labute approximate surface area is 82.8 Å². The lowest BCUT2D eigenvalue weighted by Gasteiger charge is -2.02. The van der Waals surface area contributed by atoms with E-state index >= 15 is 0 Å². The van der Waals surface area contributed by atoms with E-state index in [0.29, 0.717) is 6.54 Å². The highest BCUT2D eigenvalue weighted by atomic mass is 16.3. The van der Waals surface area contributed by atoms with Crippen LogP contribution in [0.5, 0.6) is 0 Å². The summed E-state index contributed by atoms with van der Waals surface area (Å²) in [5.74, 6) is 0. The van der Waals surface area contributed by atoms with Gasteiger partial charge in [-0.2, -0.15) is 0 Å². The molecule has 3 N–H and O–H groups in total. The van der Waals surface area contributed by atoms with Gasteiger partial charge in [-0.25, -0.2) is 0 Å². The molecule has 3 nitrogen and oxygen atoms in total. The van der Waals surface area contributed by atoms with Crippen molar-refractivity contribution in [2.24, 2.45) is 12.8 Å². The van der Waals surface area contributed by atoms with E-state index < -0.39 is 0 Å². The highest BCUT2D eigenvalue weighted by Crippen LogP contribution is 2.24. The first kappa shape index (κ1) is 9.24. The summed E-state index contributed by atoms with van der Waals surface area (Å²) in [6.45, 7) is 0.572.